The predicted molar refractivity (Wildman–Crippen MR) is 108 cm³/mol. The van der Waals surface area contributed by atoms with E-state index in [1.54, 1.807) is 44.3 Å². The number of thioether (sulfide) groups is 1. The standard InChI is InChI=1S/C21H20FN3O2S/c1-20(2,11-23)12-7-8-24-15(9-12)16-10-13-14(25-16)5-6-17(18(13)22)28-21(3,4)19(26)27/h5-10,25H,1-4H3,(H,26,27). The van der Waals surface area contributed by atoms with E-state index in [4.69, 9.17) is 0 Å². The number of aliphatic carboxylic acids is 1. The van der Waals surface area contributed by atoms with Crippen LogP contribution in [-0.4, -0.2) is 25.8 Å². The van der Waals surface area contributed by atoms with Crippen LogP contribution in [0.15, 0.2) is 41.4 Å². The number of rotatable bonds is 5. The van der Waals surface area contributed by atoms with Crippen molar-refractivity contribution >= 4 is 28.6 Å². The van der Waals surface area contributed by atoms with Gasteiger partial charge in [0.05, 0.1) is 22.9 Å². The first-order chi connectivity index (χ1) is 13.0. The van der Waals surface area contributed by atoms with Crippen molar-refractivity contribution in [1.29, 1.82) is 5.26 Å². The SMILES string of the molecule is CC(C)(Sc1ccc2[nH]c(-c3cc(C(C)(C)C#N)ccn3)cc2c1F)C(=O)O. The van der Waals surface area contributed by atoms with Gasteiger partial charge < -0.3 is 10.1 Å². The minimum absolute atomic E-state index is 0.276. The lowest BCUT2D eigenvalue weighted by Crippen LogP contribution is -2.27. The summed E-state index contributed by atoms with van der Waals surface area (Å²) in [5.74, 6) is -1.47. The Labute approximate surface area is 166 Å². The van der Waals surface area contributed by atoms with Crippen LogP contribution in [0.3, 0.4) is 0 Å². The Balaban J connectivity index is 2.05. The van der Waals surface area contributed by atoms with Crippen LogP contribution >= 0.6 is 11.8 Å². The Bertz CT molecular complexity index is 1110. The molecule has 28 heavy (non-hydrogen) atoms. The number of carbonyl (C=O) groups is 1. The molecule has 0 spiro atoms. The zero-order valence-corrected chi connectivity index (χ0v) is 16.8. The molecular formula is C21H20FN3O2S. The van der Waals surface area contributed by atoms with E-state index in [0.29, 0.717) is 22.3 Å². The Hall–Kier alpha value is -2.85. The lowest BCUT2D eigenvalue weighted by molar-refractivity contribution is -0.138. The first-order valence-corrected chi connectivity index (χ1v) is 9.48. The smallest absolute Gasteiger partial charge is 0.319 e. The monoisotopic (exact) mass is 397 g/mol. The lowest BCUT2D eigenvalue weighted by atomic mass is 9.86. The Morgan fingerprint density at radius 3 is 2.61 bits per heavy atom. The number of fused-ring (bicyclic) bond motifs is 1. The lowest BCUT2D eigenvalue weighted by Gasteiger charge is -2.18. The number of H-pyrrole nitrogens is 1. The number of pyridine rings is 1. The first kappa shape index (κ1) is 19.9. The van der Waals surface area contributed by atoms with Crippen LogP contribution in [0.1, 0.15) is 33.3 Å². The van der Waals surface area contributed by atoms with Gasteiger partial charge in [-0.3, -0.25) is 9.78 Å². The van der Waals surface area contributed by atoms with Crippen molar-refractivity contribution in [1.82, 2.24) is 9.97 Å². The minimum atomic E-state index is -1.15. The van der Waals surface area contributed by atoms with E-state index in [1.807, 2.05) is 19.9 Å². The van der Waals surface area contributed by atoms with Gasteiger partial charge in [-0.2, -0.15) is 5.26 Å². The summed E-state index contributed by atoms with van der Waals surface area (Å²) < 4.78 is 13.9. The van der Waals surface area contributed by atoms with Crippen LogP contribution in [0, 0.1) is 17.1 Å². The average molecular weight is 397 g/mol. The van der Waals surface area contributed by atoms with Gasteiger partial charge in [0, 0.05) is 22.0 Å². The number of nitriles is 1. The maximum absolute atomic E-state index is 15.0. The van der Waals surface area contributed by atoms with Crippen molar-refractivity contribution in [2.75, 3.05) is 0 Å². The van der Waals surface area contributed by atoms with Crippen LogP contribution in [-0.2, 0) is 10.2 Å². The number of carboxylic acids is 1. The third kappa shape index (κ3) is 3.60. The quantitative estimate of drug-likeness (QED) is 0.583. The largest absolute Gasteiger partial charge is 0.480 e. The van der Waals surface area contributed by atoms with Crippen LogP contribution in [0.5, 0.6) is 0 Å². The number of nitrogens with one attached hydrogen (secondary N) is 1. The summed E-state index contributed by atoms with van der Waals surface area (Å²) in [4.78, 5) is 19.1. The van der Waals surface area contributed by atoms with Gasteiger partial charge in [0.1, 0.15) is 10.6 Å². The normalized spacial score (nSPS) is 12.1. The Morgan fingerprint density at radius 2 is 1.96 bits per heavy atom. The van der Waals surface area contributed by atoms with Crippen LogP contribution < -0.4 is 0 Å². The third-order valence-electron chi connectivity index (χ3n) is 4.62. The molecule has 3 rings (SSSR count). The molecule has 0 fully saturated rings. The van der Waals surface area contributed by atoms with Crippen molar-refractivity contribution < 1.29 is 14.3 Å². The van der Waals surface area contributed by atoms with Crippen molar-refractivity contribution in [2.24, 2.45) is 0 Å². The highest BCUT2D eigenvalue weighted by Crippen LogP contribution is 2.38. The molecule has 3 aromatic rings. The van der Waals surface area contributed by atoms with E-state index in [1.165, 1.54) is 0 Å². The van der Waals surface area contributed by atoms with Gasteiger partial charge in [0.25, 0.3) is 0 Å². The fraction of sp³-hybridized carbons (Fsp3) is 0.286. The summed E-state index contributed by atoms with van der Waals surface area (Å²) in [6.07, 6.45) is 1.63. The molecule has 5 nitrogen and oxygen atoms in total. The molecule has 0 aliphatic heterocycles. The first-order valence-electron chi connectivity index (χ1n) is 8.67. The molecule has 2 aromatic heterocycles. The molecule has 144 valence electrons. The second-order valence-electron chi connectivity index (χ2n) is 7.61. The van der Waals surface area contributed by atoms with Crippen LogP contribution in [0.25, 0.3) is 22.3 Å². The summed E-state index contributed by atoms with van der Waals surface area (Å²) in [6.45, 7) is 6.73. The summed E-state index contributed by atoms with van der Waals surface area (Å²) in [5.41, 5.74) is 1.98. The van der Waals surface area contributed by atoms with Crippen LogP contribution in [0.2, 0.25) is 0 Å². The molecule has 0 saturated heterocycles. The molecule has 0 aliphatic carbocycles. The second-order valence-corrected chi connectivity index (χ2v) is 9.27. The molecule has 0 bridgehead atoms. The number of benzene rings is 1. The maximum Gasteiger partial charge on any atom is 0.319 e. The summed E-state index contributed by atoms with van der Waals surface area (Å²) in [5, 5.41) is 19.0. The van der Waals surface area contributed by atoms with Crippen LogP contribution in [0.4, 0.5) is 4.39 Å². The summed E-state index contributed by atoms with van der Waals surface area (Å²) >= 11 is 0.969. The van der Waals surface area contributed by atoms with Gasteiger partial charge in [-0.25, -0.2) is 4.39 Å². The fourth-order valence-corrected chi connectivity index (χ4v) is 3.69. The topological polar surface area (TPSA) is 89.8 Å². The fourth-order valence-electron chi connectivity index (χ4n) is 2.72. The highest BCUT2D eigenvalue weighted by molar-refractivity contribution is 8.01. The second kappa shape index (κ2) is 6.95. The van der Waals surface area contributed by atoms with E-state index >= 15 is 4.39 Å². The molecule has 2 N–H and O–H groups in total. The van der Waals surface area contributed by atoms with Crippen molar-refractivity contribution in [2.45, 2.75) is 42.8 Å². The highest BCUT2D eigenvalue weighted by Gasteiger charge is 2.30. The van der Waals surface area contributed by atoms with Gasteiger partial charge in [-0.05, 0) is 63.6 Å². The molecule has 7 heteroatoms. The van der Waals surface area contributed by atoms with Crippen molar-refractivity contribution in [3.05, 3.63) is 47.9 Å². The molecule has 0 saturated carbocycles. The predicted octanol–water partition coefficient (Wildman–Crippen LogP) is 5.13. The number of carboxylic acid groups (broad SMARTS) is 1. The number of nitrogens with zero attached hydrogens (tertiary/aromatic N) is 2. The number of aromatic amines is 1. The molecule has 1 aromatic carbocycles. The third-order valence-corrected chi connectivity index (χ3v) is 5.84. The Morgan fingerprint density at radius 1 is 1.25 bits per heavy atom. The van der Waals surface area contributed by atoms with Gasteiger partial charge in [-0.1, -0.05) is 0 Å². The maximum atomic E-state index is 15.0. The molecule has 0 amide bonds. The highest BCUT2D eigenvalue weighted by atomic mass is 32.2. The van der Waals surface area contributed by atoms with Crippen molar-refractivity contribution in [3.8, 4) is 17.5 Å². The van der Waals surface area contributed by atoms with Gasteiger partial charge in [0.15, 0.2) is 0 Å². The molecule has 2 heterocycles. The average Bonchev–Trinajstić information content (AvgIpc) is 3.09. The van der Waals surface area contributed by atoms with Gasteiger partial charge in [-0.15, -0.1) is 11.8 Å². The molecular weight excluding hydrogens is 377 g/mol. The number of hydrogen-bond donors (Lipinski definition) is 2. The molecule has 0 radical (unpaired) electrons. The summed E-state index contributed by atoms with van der Waals surface area (Å²) in [7, 11) is 0. The van der Waals surface area contributed by atoms with E-state index in [2.05, 4.69) is 16.0 Å². The van der Waals surface area contributed by atoms with Crippen molar-refractivity contribution in [3.63, 3.8) is 0 Å². The zero-order chi connectivity index (χ0) is 20.7. The van der Waals surface area contributed by atoms with E-state index in [0.717, 1.165) is 17.3 Å². The summed E-state index contributed by atoms with van der Waals surface area (Å²) in [6, 6.07) is 10.8. The number of aromatic nitrogens is 2. The van der Waals surface area contributed by atoms with Gasteiger partial charge >= 0.3 is 5.97 Å². The van der Waals surface area contributed by atoms with Gasteiger partial charge in [0.2, 0.25) is 0 Å². The molecule has 0 unspecified atom stereocenters. The van der Waals surface area contributed by atoms with E-state index in [-0.39, 0.29) is 4.90 Å². The molecule has 0 aliphatic rings. The minimum Gasteiger partial charge on any atom is -0.480 e. The zero-order valence-electron chi connectivity index (χ0n) is 16.0. The number of hydrogen-bond acceptors (Lipinski definition) is 4. The number of halogens is 1. The van der Waals surface area contributed by atoms with E-state index in [9.17, 15) is 15.2 Å². The molecule has 0 atom stereocenters. The van der Waals surface area contributed by atoms with E-state index < -0.39 is 21.9 Å². The Kier molecular flexibility index (Phi) is 4.94.